The normalized spacial score (nSPS) is 36.6. The Morgan fingerprint density at radius 2 is 2.26 bits per heavy atom. The van der Waals surface area contributed by atoms with Crippen molar-refractivity contribution in [1.29, 1.82) is 0 Å². The highest BCUT2D eigenvalue weighted by atomic mass is 16.1. The van der Waals surface area contributed by atoms with Crippen molar-refractivity contribution >= 4 is 5.78 Å². The van der Waals surface area contributed by atoms with Crippen LogP contribution in [-0.2, 0) is 16.6 Å². The topological polar surface area (TPSA) is 29.1 Å². The number of hydrogen-bond acceptors (Lipinski definition) is 2. The van der Waals surface area contributed by atoms with Crippen LogP contribution < -0.4 is 5.32 Å². The zero-order valence-corrected chi connectivity index (χ0v) is 11.5. The van der Waals surface area contributed by atoms with Crippen LogP contribution in [-0.4, -0.2) is 18.4 Å². The molecule has 1 aliphatic heterocycles. The van der Waals surface area contributed by atoms with E-state index in [4.69, 9.17) is 0 Å². The largest absolute Gasteiger partial charge is 0.313 e. The summed E-state index contributed by atoms with van der Waals surface area (Å²) in [7, 11) is 0. The maximum atomic E-state index is 12.1. The summed E-state index contributed by atoms with van der Waals surface area (Å²) in [4.78, 5) is 12.1. The first-order valence-electron chi connectivity index (χ1n) is 7.55. The number of aryl methyl sites for hydroxylation is 1. The molecule has 2 nitrogen and oxygen atoms in total. The average molecular weight is 255 g/mol. The molecule has 19 heavy (non-hydrogen) atoms. The molecule has 4 rings (SSSR count). The van der Waals surface area contributed by atoms with Crippen LogP contribution in [0.1, 0.15) is 42.4 Å². The molecule has 0 spiro atoms. The van der Waals surface area contributed by atoms with Crippen LogP contribution in [0.4, 0.5) is 0 Å². The SMILES string of the molecule is Cc1cccc2c1C[C@H]1NCC[C@@]23CC(=O)CC[C@@H]13. The lowest BCUT2D eigenvalue weighted by Crippen LogP contribution is -2.60. The number of benzene rings is 1. The van der Waals surface area contributed by atoms with Crippen LogP contribution in [0.2, 0.25) is 0 Å². The summed E-state index contributed by atoms with van der Waals surface area (Å²) >= 11 is 0. The number of nitrogens with one attached hydrogen (secondary N) is 1. The number of ketones is 1. The van der Waals surface area contributed by atoms with Gasteiger partial charge in [-0.3, -0.25) is 4.79 Å². The van der Waals surface area contributed by atoms with E-state index in [9.17, 15) is 4.79 Å². The molecule has 2 heteroatoms. The van der Waals surface area contributed by atoms with Gasteiger partial charge < -0.3 is 5.32 Å². The summed E-state index contributed by atoms with van der Waals surface area (Å²) in [6.45, 7) is 3.29. The molecule has 1 heterocycles. The second-order valence-electron chi connectivity index (χ2n) is 6.63. The van der Waals surface area contributed by atoms with Crippen LogP contribution >= 0.6 is 0 Å². The fraction of sp³-hybridized carbons (Fsp3) is 0.588. The van der Waals surface area contributed by atoms with Crippen molar-refractivity contribution in [2.45, 2.75) is 50.5 Å². The molecular weight excluding hydrogens is 234 g/mol. The first kappa shape index (κ1) is 11.7. The molecule has 1 aromatic rings. The Kier molecular flexibility index (Phi) is 2.41. The summed E-state index contributed by atoms with van der Waals surface area (Å²) in [5.41, 5.74) is 4.58. The van der Waals surface area contributed by atoms with Crippen molar-refractivity contribution in [2.24, 2.45) is 5.92 Å². The predicted molar refractivity (Wildman–Crippen MR) is 75.3 cm³/mol. The first-order valence-corrected chi connectivity index (χ1v) is 7.55. The number of piperidine rings is 1. The van der Waals surface area contributed by atoms with Gasteiger partial charge in [-0.1, -0.05) is 18.2 Å². The molecule has 0 amide bonds. The maximum Gasteiger partial charge on any atom is 0.133 e. The molecule has 0 unspecified atom stereocenters. The highest BCUT2D eigenvalue weighted by Gasteiger charge is 2.53. The van der Waals surface area contributed by atoms with E-state index in [0.717, 1.165) is 38.6 Å². The van der Waals surface area contributed by atoms with E-state index < -0.39 is 0 Å². The van der Waals surface area contributed by atoms with Crippen LogP contribution in [0.3, 0.4) is 0 Å². The summed E-state index contributed by atoms with van der Waals surface area (Å²) in [6, 6.07) is 7.29. The Labute approximate surface area is 114 Å². The van der Waals surface area contributed by atoms with Crippen LogP contribution in [0.15, 0.2) is 18.2 Å². The monoisotopic (exact) mass is 255 g/mol. The average Bonchev–Trinajstić information content (AvgIpc) is 2.39. The fourth-order valence-corrected chi connectivity index (χ4v) is 4.95. The minimum atomic E-state index is 0.158. The molecule has 100 valence electrons. The van der Waals surface area contributed by atoms with Crippen molar-refractivity contribution in [3.05, 3.63) is 34.9 Å². The van der Waals surface area contributed by atoms with Gasteiger partial charge in [-0.2, -0.15) is 0 Å². The maximum absolute atomic E-state index is 12.1. The molecule has 0 radical (unpaired) electrons. The summed E-state index contributed by atoms with van der Waals surface area (Å²) in [5, 5.41) is 3.72. The minimum Gasteiger partial charge on any atom is -0.313 e. The summed E-state index contributed by atoms with van der Waals surface area (Å²) < 4.78 is 0. The third-order valence-electron chi connectivity index (χ3n) is 5.79. The quantitative estimate of drug-likeness (QED) is 0.772. The van der Waals surface area contributed by atoms with Crippen LogP contribution in [0.5, 0.6) is 0 Å². The predicted octanol–water partition coefficient (Wildman–Crippen LogP) is 2.52. The molecule has 1 saturated heterocycles. The molecule has 1 N–H and O–H groups in total. The molecule has 2 bridgehead atoms. The Morgan fingerprint density at radius 1 is 1.37 bits per heavy atom. The summed E-state index contributed by atoms with van der Waals surface area (Å²) in [5.74, 6) is 1.15. The van der Waals surface area contributed by atoms with Crippen molar-refractivity contribution in [1.82, 2.24) is 5.32 Å². The highest BCUT2D eigenvalue weighted by molar-refractivity contribution is 5.81. The van der Waals surface area contributed by atoms with E-state index in [0.29, 0.717) is 17.7 Å². The third-order valence-corrected chi connectivity index (χ3v) is 5.79. The molecule has 1 aromatic carbocycles. The third kappa shape index (κ3) is 1.50. The van der Waals surface area contributed by atoms with Crippen molar-refractivity contribution in [3.8, 4) is 0 Å². The number of hydrogen-bond donors (Lipinski definition) is 1. The number of Topliss-reactive ketones (excluding diaryl/α,β-unsaturated/α-hetero) is 1. The van der Waals surface area contributed by atoms with Gasteiger partial charge in [-0.25, -0.2) is 0 Å². The van der Waals surface area contributed by atoms with Gasteiger partial charge in [0.2, 0.25) is 0 Å². The van der Waals surface area contributed by atoms with Crippen molar-refractivity contribution in [2.75, 3.05) is 6.54 Å². The van der Waals surface area contributed by atoms with E-state index in [1.165, 1.54) is 16.7 Å². The standard InChI is InChI=1S/C17H21NO/c1-11-3-2-4-14-13(11)9-16-15-6-5-12(19)10-17(14,15)7-8-18-16/h2-4,15-16,18H,5-10H2,1H3/t15-,16+,17+/m0/s1. The highest BCUT2D eigenvalue weighted by Crippen LogP contribution is 2.53. The van der Waals surface area contributed by atoms with E-state index in [2.05, 4.69) is 30.4 Å². The van der Waals surface area contributed by atoms with Gasteiger partial charge in [-0.15, -0.1) is 0 Å². The molecule has 1 saturated carbocycles. The van der Waals surface area contributed by atoms with Crippen LogP contribution in [0, 0.1) is 12.8 Å². The molecule has 3 atom stereocenters. The smallest absolute Gasteiger partial charge is 0.133 e. The number of fused-ring (bicyclic) bond motifs is 1. The lowest BCUT2D eigenvalue weighted by molar-refractivity contribution is -0.125. The Hall–Kier alpha value is -1.15. The van der Waals surface area contributed by atoms with Crippen LogP contribution in [0.25, 0.3) is 0 Å². The lowest BCUT2D eigenvalue weighted by Gasteiger charge is -2.55. The second kappa shape index (κ2) is 3.92. The van der Waals surface area contributed by atoms with Gasteiger partial charge in [0, 0.05) is 24.3 Å². The number of rotatable bonds is 0. The van der Waals surface area contributed by atoms with Crippen molar-refractivity contribution < 1.29 is 4.79 Å². The Balaban J connectivity index is 1.94. The Bertz CT molecular complexity index is 550. The fourth-order valence-electron chi connectivity index (χ4n) is 4.95. The Morgan fingerprint density at radius 3 is 3.16 bits per heavy atom. The molecule has 2 fully saturated rings. The van der Waals surface area contributed by atoms with Gasteiger partial charge in [-0.05, 0) is 55.3 Å². The zero-order valence-electron chi connectivity index (χ0n) is 11.5. The van der Waals surface area contributed by atoms with E-state index in [1.54, 1.807) is 0 Å². The van der Waals surface area contributed by atoms with Gasteiger partial charge in [0.15, 0.2) is 0 Å². The number of carbonyl (C=O) groups is 1. The molecular formula is C17H21NO. The first-order chi connectivity index (χ1) is 9.21. The zero-order chi connectivity index (χ0) is 13.0. The van der Waals surface area contributed by atoms with Gasteiger partial charge >= 0.3 is 0 Å². The van der Waals surface area contributed by atoms with Gasteiger partial charge in [0.1, 0.15) is 5.78 Å². The molecule has 3 aliphatic rings. The molecule has 0 aromatic heterocycles. The van der Waals surface area contributed by atoms with Crippen molar-refractivity contribution in [3.63, 3.8) is 0 Å². The minimum absolute atomic E-state index is 0.158. The molecule has 2 aliphatic carbocycles. The summed E-state index contributed by atoms with van der Waals surface area (Å²) in [6.07, 6.45) is 4.96. The lowest BCUT2D eigenvalue weighted by atomic mass is 9.52. The number of carbonyl (C=O) groups excluding carboxylic acids is 1. The van der Waals surface area contributed by atoms with E-state index in [-0.39, 0.29) is 5.41 Å². The van der Waals surface area contributed by atoms with Gasteiger partial charge in [0.05, 0.1) is 0 Å². The van der Waals surface area contributed by atoms with Gasteiger partial charge in [0.25, 0.3) is 0 Å². The van der Waals surface area contributed by atoms with E-state index >= 15 is 0 Å². The second-order valence-corrected chi connectivity index (χ2v) is 6.63. The van der Waals surface area contributed by atoms with E-state index in [1.807, 2.05) is 0 Å².